The lowest BCUT2D eigenvalue weighted by atomic mass is 10.1. The first kappa shape index (κ1) is 16.9. The van der Waals surface area contributed by atoms with Crippen molar-refractivity contribution in [1.82, 2.24) is 5.32 Å². The summed E-state index contributed by atoms with van der Waals surface area (Å²) in [6.07, 6.45) is -6.07. The zero-order valence-corrected chi connectivity index (χ0v) is 10.9. The molecule has 0 saturated heterocycles. The van der Waals surface area contributed by atoms with Gasteiger partial charge in [-0.2, -0.15) is 18.4 Å². The molecule has 0 spiro atoms. The van der Waals surface area contributed by atoms with Crippen LogP contribution in [0.3, 0.4) is 0 Å². The highest BCUT2D eigenvalue weighted by Gasteiger charge is 2.29. The van der Waals surface area contributed by atoms with E-state index in [0.717, 1.165) is 6.07 Å². The highest BCUT2D eigenvalue weighted by atomic mass is 19.4. The number of alkyl halides is 3. The third-order valence-electron chi connectivity index (χ3n) is 2.78. The Bertz CT molecular complexity index is 551. The summed E-state index contributed by atoms with van der Waals surface area (Å²) < 4.78 is 49.9. The predicted octanol–water partition coefficient (Wildman–Crippen LogP) is 1.98. The fourth-order valence-electron chi connectivity index (χ4n) is 1.65. The van der Waals surface area contributed by atoms with E-state index in [1.165, 1.54) is 12.1 Å². The number of amides is 1. The molecule has 0 radical (unpaired) electrons. The molecule has 0 aromatic heterocycles. The Morgan fingerprint density at radius 3 is 2.57 bits per heavy atom. The van der Waals surface area contributed by atoms with E-state index in [-0.39, 0.29) is 17.7 Å². The number of halogens is 4. The van der Waals surface area contributed by atoms with Gasteiger partial charge >= 0.3 is 6.18 Å². The minimum Gasteiger partial charge on any atom is -0.368 e. The number of hydrogen-bond acceptors (Lipinski definition) is 3. The third kappa shape index (κ3) is 5.79. The molecule has 1 atom stereocenters. The van der Waals surface area contributed by atoms with Crippen LogP contribution < -0.4 is 11.1 Å². The van der Waals surface area contributed by atoms with Gasteiger partial charge in [-0.05, 0) is 18.6 Å². The molecule has 0 aliphatic carbocycles. The summed E-state index contributed by atoms with van der Waals surface area (Å²) in [6.45, 7) is -0.164. The summed E-state index contributed by atoms with van der Waals surface area (Å²) in [6, 6.07) is 4.25. The molecule has 3 N–H and O–H groups in total. The number of primary amides is 1. The fourth-order valence-corrected chi connectivity index (χ4v) is 1.65. The third-order valence-corrected chi connectivity index (χ3v) is 2.78. The normalized spacial score (nSPS) is 12.7. The molecule has 0 bridgehead atoms. The molecule has 0 fully saturated rings. The molecule has 0 aliphatic heterocycles. The monoisotopic (exact) mass is 303 g/mol. The van der Waals surface area contributed by atoms with E-state index in [9.17, 15) is 22.4 Å². The molecule has 4 nitrogen and oxygen atoms in total. The zero-order valence-electron chi connectivity index (χ0n) is 10.9. The molecule has 1 amide bonds. The second-order valence-electron chi connectivity index (χ2n) is 4.41. The maximum Gasteiger partial charge on any atom is 0.389 e. The first-order valence-corrected chi connectivity index (χ1v) is 6.01. The standard InChI is InChI=1S/C13H13F4N3O/c14-10-5-8(6-18)1-2-9(10)7-20-11(12(19)21)3-4-13(15,16)17/h1-2,5,11,20H,3-4,7H2,(H2,19,21)/t11-/m1/s1. The lowest BCUT2D eigenvalue weighted by Crippen LogP contribution is -2.41. The van der Waals surface area contributed by atoms with Gasteiger partial charge < -0.3 is 11.1 Å². The van der Waals surface area contributed by atoms with Crippen LogP contribution >= 0.6 is 0 Å². The lowest BCUT2D eigenvalue weighted by molar-refractivity contribution is -0.138. The zero-order chi connectivity index (χ0) is 16.0. The van der Waals surface area contributed by atoms with Crippen molar-refractivity contribution >= 4 is 5.91 Å². The van der Waals surface area contributed by atoms with E-state index in [1.807, 2.05) is 0 Å². The average Bonchev–Trinajstić information content (AvgIpc) is 2.38. The summed E-state index contributed by atoms with van der Waals surface area (Å²) in [5.41, 5.74) is 5.26. The molecule has 1 aromatic carbocycles. The largest absolute Gasteiger partial charge is 0.389 e. The second-order valence-corrected chi connectivity index (χ2v) is 4.41. The number of nitrogens with two attached hydrogens (primary N) is 1. The Hall–Kier alpha value is -2.14. The van der Waals surface area contributed by atoms with E-state index in [4.69, 9.17) is 11.0 Å². The van der Waals surface area contributed by atoms with Gasteiger partial charge in [-0.3, -0.25) is 4.79 Å². The van der Waals surface area contributed by atoms with Crippen LogP contribution in [-0.4, -0.2) is 18.1 Å². The highest BCUT2D eigenvalue weighted by molar-refractivity contribution is 5.79. The number of nitrogens with one attached hydrogen (secondary N) is 1. The van der Waals surface area contributed by atoms with Gasteiger partial charge in [0.1, 0.15) is 5.82 Å². The van der Waals surface area contributed by atoms with Crippen molar-refractivity contribution in [2.24, 2.45) is 5.73 Å². The first-order valence-electron chi connectivity index (χ1n) is 6.01. The van der Waals surface area contributed by atoms with Crippen molar-refractivity contribution < 1.29 is 22.4 Å². The Balaban J connectivity index is 2.65. The molecule has 1 rings (SSSR count). The van der Waals surface area contributed by atoms with Gasteiger partial charge in [0.05, 0.1) is 17.7 Å². The summed E-state index contributed by atoms with van der Waals surface area (Å²) in [7, 11) is 0. The molecule has 0 unspecified atom stereocenters. The van der Waals surface area contributed by atoms with Gasteiger partial charge in [-0.25, -0.2) is 4.39 Å². The van der Waals surface area contributed by atoms with Crippen molar-refractivity contribution in [2.75, 3.05) is 0 Å². The molecule has 1 aromatic rings. The minimum atomic E-state index is -4.39. The smallest absolute Gasteiger partial charge is 0.368 e. The van der Waals surface area contributed by atoms with Crippen molar-refractivity contribution in [3.63, 3.8) is 0 Å². The van der Waals surface area contributed by atoms with Crippen LogP contribution in [0.4, 0.5) is 17.6 Å². The molecule has 0 heterocycles. The van der Waals surface area contributed by atoms with Gasteiger partial charge in [-0.15, -0.1) is 0 Å². The number of carbonyl (C=O) groups excluding carboxylic acids is 1. The summed E-state index contributed by atoms with van der Waals surface area (Å²) in [5.74, 6) is -1.62. The van der Waals surface area contributed by atoms with Crippen LogP contribution in [0.1, 0.15) is 24.0 Å². The van der Waals surface area contributed by atoms with Crippen LogP contribution in [0, 0.1) is 17.1 Å². The lowest BCUT2D eigenvalue weighted by Gasteiger charge is -2.16. The molecule has 114 valence electrons. The van der Waals surface area contributed by atoms with Crippen molar-refractivity contribution in [3.05, 3.63) is 35.1 Å². The van der Waals surface area contributed by atoms with E-state index >= 15 is 0 Å². The molecule has 0 saturated carbocycles. The van der Waals surface area contributed by atoms with Gasteiger partial charge in [0, 0.05) is 18.5 Å². The molecule has 8 heteroatoms. The number of hydrogen-bond donors (Lipinski definition) is 2. The second kappa shape index (κ2) is 7.04. The Kier molecular flexibility index (Phi) is 5.67. The van der Waals surface area contributed by atoms with Crippen LogP contribution in [-0.2, 0) is 11.3 Å². The van der Waals surface area contributed by atoms with Crippen LogP contribution in [0.25, 0.3) is 0 Å². The van der Waals surface area contributed by atoms with Gasteiger partial charge in [-0.1, -0.05) is 6.07 Å². The van der Waals surface area contributed by atoms with E-state index in [0.29, 0.717) is 0 Å². The number of benzene rings is 1. The topological polar surface area (TPSA) is 78.9 Å². The molecular weight excluding hydrogens is 290 g/mol. The predicted molar refractivity (Wildman–Crippen MR) is 66.2 cm³/mol. The molecular formula is C13H13F4N3O. The maximum absolute atomic E-state index is 13.6. The first-order chi connectivity index (χ1) is 9.73. The summed E-state index contributed by atoms with van der Waals surface area (Å²) >= 11 is 0. The maximum atomic E-state index is 13.6. The number of carbonyl (C=O) groups is 1. The van der Waals surface area contributed by atoms with Gasteiger partial charge in [0.2, 0.25) is 5.91 Å². The minimum absolute atomic E-state index is 0.125. The van der Waals surface area contributed by atoms with Gasteiger partial charge in [0.15, 0.2) is 0 Å². The van der Waals surface area contributed by atoms with Crippen molar-refractivity contribution in [2.45, 2.75) is 31.6 Å². The van der Waals surface area contributed by atoms with E-state index < -0.39 is 36.8 Å². The summed E-state index contributed by atoms with van der Waals surface area (Å²) in [5, 5.41) is 11.1. The fraction of sp³-hybridized carbons (Fsp3) is 0.385. The Labute approximate surface area is 118 Å². The quantitative estimate of drug-likeness (QED) is 0.789. The van der Waals surface area contributed by atoms with Crippen molar-refractivity contribution in [3.8, 4) is 6.07 Å². The molecule has 21 heavy (non-hydrogen) atoms. The average molecular weight is 303 g/mol. The van der Waals surface area contributed by atoms with Crippen LogP contribution in [0.2, 0.25) is 0 Å². The molecule has 0 aliphatic rings. The van der Waals surface area contributed by atoms with Gasteiger partial charge in [0.25, 0.3) is 0 Å². The van der Waals surface area contributed by atoms with E-state index in [1.54, 1.807) is 6.07 Å². The highest BCUT2D eigenvalue weighted by Crippen LogP contribution is 2.22. The van der Waals surface area contributed by atoms with Crippen LogP contribution in [0.5, 0.6) is 0 Å². The van der Waals surface area contributed by atoms with Crippen LogP contribution in [0.15, 0.2) is 18.2 Å². The van der Waals surface area contributed by atoms with E-state index in [2.05, 4.69) is 5.32 Å². The number of rotatable bonds is 6. The Morgan fingerprint density at radius 1 is 1.43 bits per heavy atom. The number of nitriles is 1. The Morgan fingerprint density at radius 2 is 2.10 bits per heavy atom. The SMILES string of the molecule is N#Cc1ccc(CN[C@H](CCC(F)(F)F)C(N)=O)c(F)c1. The summed E-state index contributed by atoms with van der Waals surface area (Å²) in [4.78, 5) is 11.1. The van der Waals surface area contributed by atoms with Crippen molar-refractivity contribution in [1.29, 1.82) is 5.26 Å². The number of nitrogens with zero attached hydrogens (tertiary/aromatic N) is 1.